The van der Waals surface area contributed by atoms with Gasteiger partial charge in [0.2, 0.25) is 0 Å². The van der Waals surface area contributed by atoms with E-state index in [1.807, 2.05) is 6.92 Å². The standard InChI is InChI=1S/C25H33NO7S/c1-17-8-14-20(15-9-17)34(29,30)33-19-12-10-18(11-13-19)21(16-22(27)31-24(2,3)4)26-23(28)32-25(5,6)7/h8-15,21H,16H2,1-7H3,(H,26,28). The zero-order valence-electron chi connectivity index (χ0n) is 20.7. The first-order valence-corrected chi connectivity index (χ1v) is 12.3. The minimum absolute atomic E-state index is 0.0385. The fourth-order valence-electron chi connectivity index (χ4n) is 2.89. The lowest BCUT2D eigenvalue weighted by Crippen LogP contribution is -2.36. The monoisotopic (exact) mass is 491 g/mol. The van der Waals surface area contributed by atoms with Gasteiger partial charge < -0.3 is 19.0 Å². The molecule has 0 bridgehead atoms. The van der Waals surface area contributed by atoms with E-state index in [0.29, 0.717) is 5.56 Å². The van der Waals surface area contributed by atoms with Crippen molar-refractivity contribution in [1.82, 2.24) is 5.32 Å². The summed E-state index contributed by atoms with van der Waals surface area (Å²) in [5.74, 6) is -0.409. The second kappa shape index (κ2) is 10.5. The Hall–Kier alpha value is -3.07. The van der Waals surface area contributed by atoms with Crippen LogP contribution in [0.2, 0.25) is 0 Å². The number of ether oxygens (including phenoxy) is 2. The number of aryl methyl sites for hydroxylation is 1. The van der Waals surface area contributed by atoms with Crippen LogP contribution in [0.4, 0.5) is 4.79 Å². The van der Waals surface area contributed by atoms with Gasteiger partial charge in [0.1, 0.15) is 21.8 Å². The van der Waals surface area contributed by atoms with Gasteiger partial charge in [-0.2, -0.15) is 8.42 Å². The molecule has 0 aliphatic heterocycles. The van der Waals surface area contributed by atoms with E-state index in [0.717, 1.165) is 5.56 Å². The predicted molar refractivity (Wildman–Crippen MR) is 128 cm³/mol. The van der Waals surface area contributed by atoms with E-state index < -0.39 is 39.4 Å². The van der Waals surface area contributed by atoms with Crippen LogP contribution in [-0.4, -0.2) is 31.7 Å². The highest BCUT2D eigenvalue weighted by Crippen LogP contribution is 2.25. The van der Waals surface area contributed by atoms with Crippen LogP contribution in [0.3, 0.4) is 0 Å². The summed E-state index contributed by atoms with van der Waals surface area (Å²) in [5, 5.41) is 2.68. The molecule has 0 radical (unpaired) electrons. The molecule has 0 aromatic heterocycles. The lowest BCUT2D eigenvalue weighted by molar-refractivity contribution is -0.155. The topological polar surface area (TPSA) is 108 Å². The Morgan fingerprint density at radius 3 is 1.88 bits per heavy atom. The maximum Gasteiger partial charge on any atom is 0.408 e. The van der Waals surface area contributed by atoms with E-state index in [9.17, 15) is 18.0 Å². The molecule has 1 N–H and O–H groups in total. The van der Waals surface area contributed by atoms with Crippen molar-refractivity contribution < 1.29 is 31.7 Å². The first kappa shape index (κ1) is 27.2. The number of hydrogen-bond donors (Lipinski definition) is 1. The van der Waals surface area contributed by atoms with Gasteiger partial charge in [-0.15, -0.1) is 0 Å². The van der Waals surface area contributed by atoms with Crippen LogP contribution in [0.15, 0.2) is 53.4 Å². The van der Waals surface area contributed by atoms with Crippen molar-refractivity contribution in [1.29, 1.82) is 0 Å². The number of amides is 1. The number of carbonyl (C=O) groups is 2. The van der Waals surface area contributed by atoms with E-state index in [1.165, 1.54) is 24.3 Å². The summed E-state index contributed by atoms with van der Waals surface area (Å²) >= 11 is 0. The Balaban J connectivity index is 2.22. The zero-order chi connectivity index (χ0) is 25.7. The van der Waals surface area contributed by atoms with E-state index in [1.54, 1.807) is 65.8 Å². The molecule has 2 aromatic carbocycles. The molecule has 34 heavy (non-hydrogen) atoms. The van der Waals surface area contributed by atoms with Gasteiger partial charge in [0, 0.05) is 0 Å². The van der Waals surface area contributed by atoms with Crippen LogP contribution in [0.5, 0.6) is 5.75 Å². The van der Waals surface area contributed by atoms with E-state index in [2.05, 4.69) is 5.32 Å². The Morgan fingerprint density at radius 1 is 0.853 bits per heavy atom. The third kappa shape index (κ3) is 9.05. The molecular formula is C25H33NO7S. The SMILES string of the molecule is Cc1ccc(S(=O)(=O)Oc2ccc(C(CC(=O)OC(C)(C)C)NC(=O)OC(C)(C)C)cc2)cc1. The summed E-state index contributed by atoms with van der Waals surface area (Å²) in [6.45, 7) is 12.3. The van der Waals surface area contributed by atoms with Crippen molar-refractivity contribution >= 4 is 22.2 Å². The number of rotatable bonds is 7. The fraction of sp³-hybridized carbons (Fsp3) is 0.440. The third-order valence-electron chi connectivity index (χ3n) is 4.28. The highest BCUT2D eigenvalue weighted by Gasteiger charge is 2.26. The van der Waals surface area contributed by atoms with Gasteiger partial charge >= 0.3 is 22.2 Å². The molecule has 0 aliphatic rings. The zero-order valence-corrected chi connectivity index (χ0v) is 21.5. The average molecular weight is 492 g/mol. The van der Waals surface area contributed by atoms with Crippen molar-refractivity contribution in [3.63, 3.8) is 0 Å². The Bertz CT molecular complexity index is 1060. The number of alkyl carbamates (subject to hydrolysis) is 1. The van der Waals surface area contributed by atoms with Gasteiger partial charge in [0.05, 0.1) is 12.5 Å². The minimum atomic E-state index is -4.01. The number of esters is 1. The molecule has 1 amide bonds. The second-order valence-corrected chi connectivity index (χ2v) is 11.5. The van der Waals surface area contributed by atoms with Gasteiger partial charge in [0.25, 0.3) is 0 Å². The smallest absolute Gasteiger partial charge is 0.408 e. The molecular weight excluding hydrogens is 458 g/mol. The van der Waals surface area contributed by atoms with Gasteiger partial charge in [-0.3, -0.25) is 4.79 Å². The van der Waals surface area contributed by atoms with Crippen molar-refractivity contribution in [2.45, 2.75) is 77.0 Å². The first-order chi connectivity index (χ1) is 15.5. The molecule has 186 valence electrons. The maximum atomic E-state index is 12.5. The number of hydrogen-bond acceptors (Lipinski definition) is 7. The van der Waals surface area contributed by atoms with Crippen molar-refractivity contribution in [2.75, 3.05) is 0 Å². The normalized spacial score (nSPS) is 13.0. The molecule has 0 aliphatic carbocycles. The number of carbonyl (C=O) groups excluding carboxylic acids is 2. The van der Waals surface area contributed by atoms with Gasteiger partial charge in [-0.05, 0) is 78.3 Å². The van der Waals surface area contributed by atoms with Crippen molar-refractivity contribution in [2.24, 2.45) is 0 Å². The first-order valence-electron chi connectivity index (χ1n) is 10.9. The largest absolute Gasteiger partial charge is 0.460 e. The maximum absolute atomic E-state index is 12.5. The van der Waals surface area contributed by atoms with Crippen LogP contribution in [-0.2, 0) is 24.4 Å². The Morgan fingerprint density at radius 2 is 1.38 bits per heavy atom. The van der Waals surface area contributed by atoms with Crippen LogP contribution in [0.1, 0.15) is 65.1 Å². The molecule has 2 rings (SSSR count). The number of nitrogens with one attached hydrogen (secondary N) is 1. The fourth-order valence-corrected chi connectivity index (χ4v) is 3.82. The molecule has 1 unspecified atom stereocenters. The van der Waals surface area contributed by atoms with E-state index in [4.69, 9.17) is 13.7 Å². The molecule has 0 heterocycles. The molecule has 0 saturated heterocycles. The second-order valence-electron chi connectivity index (χ2n) is 9.91. The molecule has 2 aromatic rings. The van der Waals surface area contributed by atoms with Gasteiger partial charge in [-0.1, -0.05) is 29.8 Å². The summed E-state index contributed by atoms with van der Waals surface area (Å²) in [7, 11) is -4.01. The van der Waals surface area contributed by atoms with Gasteiger partial charge in [0.15, 0.2) is 0 Å². The summed E-state index contributed by atoms with van der Waals surface area (Å²) in [6, 6.07) is 11.6. The van der Waals surface area contributed by atoms with Crippen molar-refractivity contribution in [3.05, 3.63) is 59.7 Å². The van der Waals surface area contributed by atoms with Crippen LogP contribution >= 0.6 is 0 Å². The Labute approximate surface area is 201 Å². The summed E-state index contributed by atoms with van der Waals surface area (Å²) in [4.78, 5) is 24.8. The Kier molecular flexibility index (Phi) is 8.36. The summed E-state index contributed by atoms with van der Waals surface area (Å²) in [5.41, 5.74) is 0.0756. The van der Waals surface area contributed by atoms with Crippen LogP contribution in [0.25, 0.3) is 0 Å². The molecule has 8 nitrogen and oxygen atoms in total. The highest BCUT2D eigenvalue weighted by atomic mass is 32.2. The molecule has 0 saturated carbocycles. The molecule has 9 heteroatoms. The highest BCUT2D eigenvalue weighted by molar-refractivity contribution is 7.87. The average Bonchev–Trinajstić information content (AvgIpc) is 2.65. The third-order valence-corrected chi connectivity index (χ3v) is 5.54. The van der Waals surface area contributed by atoms with Crippen LogP contribution in [0, 0.1) is 6.92 Å². The van der Waals surface area contributed by atoms with Gasteiger partial charge in [-0.25, -0.2) is 4.79 Å². The minimum Gasteiger partial charge on any atom is -0.460 e. The number of benzene rings is 2. The molecule has 1 atom stereocenters. The van der Waals surface area contributed by atoms with Crippen LogP contribution < -0.4 is 9.50 Å². The summed E-state index contributed by atoms with van der Waals surface area (Å²) < 4.78 is 41.0. The van der Waals surface area contributed by atoms with E-state index in [-0.39, 0.29) is 17.1 Å². The quantitative estimate of drug-likeness (QED) is 0.426. The lowest BCUT2D eigenvalue weighted by atomic mass is 10.0. The van der Waals surface area contributed by atoms with Crippen molar-refractivity contribution in [3.8, 4) is 5.75 Å². The molecule has 0 spiro atoms. The predicted octanol–water partition coefficient (Wildman–Crippen LogP) is 5.06. The van der Waals surface area contributed by atoms with E-state index >= 15 is 0 Å². The molecule has 0 fully saturated rings. The lowest BCUT2D eigenvalue weighted by Gasteiger charge is -2.25. The summed E-state index contributed by atoms with van der Waals surface area (Å²) in [6.07, 6.45) is -0.832.